The lowest BCUT2D eigenvalue weighted by molar-refractivity contribution is -0.116. The highest BCUT2D eigenvalue weighted by molar-refractivity contribution is 6.04. The lowest BCUT2D eigenvalue weighted by Crippen LogP contribution is -2.19. The van der Waals surface area contributed by atoms with Crippen LogP contribution in [0.15, 0.2) is 42.5 Å². The SMILES string of the molecule is Cc1cccc(NC2C(=O)Nc3ccc(C)cc32)c1. The summed E-state index contributed by atoms with van der Waals surface area (Å²) in [6.07, 6.45) is 0. The van der Waals surface area contributed by atoms with Gasteiger partial charge >= 0.3 is 0 Å². The van der Waals surface area contributed by atoms with Crippen LogP contribution in [0.2, 0.25) is 0 Å². The highest BCUT2D eigenvalue weighted by Gasteiger charge is 2.30. The minimum atomic E-state index is -0.309. The summed E-state index contributed by atoms with van der Waals surface area (Å²) in [6.45, 7) is 4.07. The summed E-state index contributed by atoms with van der Waals surface area (Å²) in [5.41, 5.74) is 5.22. The Morgan fingerprint density at radius 1 is 1.05 bits per heavy atom. The zero-order valence-corrected chi connectivity index (χ0v) is 11.0. The molecule has 0 radical (unpaired) electrons. The summed E-state index contributed by atoms with van der Waals surface area (Å²) in [7, 11) is 0. The van der Waals surface area contributed by atoms with Crippen LogP contribution in [0.5, 0.6) is 0 Å². The summed E-state index contributed by atoms with van der Waals surface area (Å²) < 4.78 is 0. The molecule has 0 saturated carbocycles. The van der Waals surface area contributed by atoms with Crippen molar-refractivity contribution in [2.45, 2.75) is 19.9 Å². The van der Waals surface area contributed by atoms with E-state index in [-0.39, 0.29) is 11.9 Å². The molecular weight excluding hydrogens is 236 g/mol. The third-order valence-electron chi connectivity index (χ3n) is 3.37. The van der Waals surface area contributed by atoms with Crippen molar-refractivity contribution in [1.82, 2.24) is 0 Å². The average molecular weight is 252 g/mol. The highest BCUT2D eigenvalue weighted by atomic mass is 16.2. The molecule has 2 aromatic carbocycles. The zero-order chi connectivity index (χ0) is 13.4. The van der Waals surface area contributed by atoms with Gasteiger partial charge in [-0.1, -0.05) is 29.8 Å². The first-order valence-corrected chi connectivity index (χ1v) is 6.38. The first-order valence-electron chi connectivity index (χ1n) is 6.38. The second-order valence-electron chi connectivity index (χ2n) is 5.03. The van der Waals surface area contributed by atoms with Crippen molar-refractivity contribution in [1.29, 1.82) is 0 Å². The third kappa shape index (κ3) is 2.19. The summed E-state index contributed by atoms with van der Waals surface area (Å²) in [5, 5.41) is 6.21. The van der Waals surface area contributed by atoms with E-state index < -0.39 is 0 Å². The van der Waals surface area contributed by atoms with Gasteiger partial charge in [0.2, 0.25) is 0 Å². The average Bonchev–Trinajstić information content (AvgIpc) is 2.66. The van der Waals surface area contributed by atoms with Gasteiger partial charge in [0.1, 0.15) is 6.04 Å². The molecular formula is C16H16N2O. The largest absolute Gasteiger partial charge is 0.370 e. The van der Waals surface area contributed by atoms with Gasteiger partial charge in [0, 0.05) is 16.9 Å². The van der Waals surface area contributed by atoms with Crippen molar-refractivity contribution in [3.05, 3.63) is 59.2 Å². The minimum absolute atomic E-state index is 0.00195. The Kier molecular flexibility index (Phi) is 2.75. The Hall–Kier alpha value is -2.29. The molecule has 1 atom stereocenters. The van der Waals surface area contributed by atoms with E-state index in [4.69, 9.17) is 0 Å². The van der Waals surface area contributed by atoms with Gasteiger partial charge in [-0.05, 0) is 37.6 Å². The fraction of sp³-hybridized carbons (Fsp3) is 0.188. The summed E-state index contributed by atoms with van der Waals surface area (Å²) >= 11 is 0. The number of rotatable bonds is 2. The summed E-state index contributed by atoms with van der Waals surface area (Å²) in [5.74, 6) is 0.00195. The number of nitrogens with one attached hydrogen (secondary N) is 2. The van der Waals surface area contributed by atoms with E-state index in [9.17, 15) is 4.79 Å². The van der Waals surface area contributed by atoms with Crippen molar-refractivity contribution in [2.24, 2.45) is 0 Å². The lowest BCUT2D eigenvalue weighted by atomic mass is 10.0. The highest BCUT2D eigenvalue weighted by Crippen LogP contribution is 2.33. The van der Waals surface area contributed by atoms with E-state index in [2.05, 4.69) is 16.7 Å². The molecule has 2 N–H and O–H groups in total. The number of anilines is 2. The van der Waals surface area contributed by atoms with Crippen molar-refractivity contribution in [2.75, 3.05) is 10.6 Å². The van der Waals surface area contributed by atoms with E-state index in [1.165, 1.54) is 5.56 Å². The molecule has 3 nitrogen and oxygen atoms in total. The molecule has 1 amide bonds. The first-order chi connectivity index (χ1) is 9.13. The van der Waals surface area contributed by atoms with E-state index in [0.717, 1.165) is 22.5 Å². The molecule has 96 valence electrons. The molecule has 19 heavy (non-hydrogen) atoms. The van der Waals surface area contributed by atoms with Crippen LogP contribution in [0.25, 0.3) is 0 Å². The number of fused-ring (bicyclic) bond motifs is 1. The molecule has 0 spiro atoms. The zero-order valence-electron chi connectivity index (χ0n) is 11.0. The summed E-state index contributed by atoms with van der Waals surface area (Å²) in [4.78, 5) is 12.1. The molecule has 1 aliphatic rings. The van der Waals surface area contributed by atoms with Gasteiger partial charge in [-0.2, -0.15) is 0 Å². The van der Waals surface area contributed by atoms with Crippen molar-refractivity contribution >= 4 is 17.3 Å². The van der Waals surface area contributed by atoms with Gasteiger partial charge in [-0.3, -0.25) is 4.79 Å². The molecule has 2 aromatic rings. The van der Waals surface area contributed by atoms with Gasteiger partial charge in [0.05, 0.1) is 0 Å². The van der Waals surface area contributed by atoms with Gasteiger partial charge in [0.15, 0.2) is 0 Å². The van der Waals surface area contributed by atoms with Gasteiger partial charge in [0.25, 0.3) is 5.91 Å². The van der Waals surface area contributed by atoms with Crippen LogP contribution in [0, 0.1) is 13.8 Å². The fourth-order valence-corrected chi connectivity index (χ4v) is 2.43. The third-order valence-corrected chi connectivity index (χ3v) is 3.37. The number of benzene rings is 2. The maximum atomic E-state index is 12.1. The molecule has 0 fully saturated rings. The Balaban J connectivity index is 1.94. The quantitative estimate of drug-likeness (QED) is 0.860. The normalized spacial score (nSPS) is 16.9. The Labute approximate surface area is 112 Å². The van der Waals surface area contributed by atoms with Crippen LogP contribution in [-0.2, 0) is 4.79 Å². The molecule has 1 unspecified atom stereocenters. The Bertz CT molecular complexity index is 649. The number of amides is 1. The monoisotopic (exact) mass is 252 g/mol. The fourth-order valence-electron chi connectivity index (χ4n) is 2.43. The Morgan fingerprint density at radius 2 is 1.84 bits per heavy atom. The molecule has 1 aliphatic heterocycles. The second kappa shape index (κ2) is 4.43. The van der Waals surface area contributed by atoms with Crippen LogP contribution in [0.3, 0.4) is 0 Å². The number of carbonyl (C=O) groups is 1. The molecule has 0 aromatic heterocycles. The molecule has 0 saturated heterocycles. The minimum Gasteiger partial charge on any atom is -0.370 e. The van der Waals surface area contributed by atoms with E-state index in [1.54, 1.807) is 0 Å². The van der Waals surface area contributed by atoms with Crippen LogP contribution in [0.4, 0.5) is 11.4 Å². The van der Waals surface area contributed by atoms with Gasteiger partial charge in [-0.15, -0.1) is 0 Å². The standard InChI is InChI=1S/C16H16N2O/c1-10-4-3-5-12(8-10)17-15-13-9-11(2)6-7-14(13)18-16(15)19/h3-9,15,17H,1-2H3,(H,18,19). The predicted octanol–water partition coefficient (Wildman–Crippen LogP) is 3.41. The van der Waals surface area contributed by atoms with Gasteiger partial charge < -0.3 is 10.6 Å². The lowest BCUT2D eigenvalue weighted by Gasteiger charge is -2.13. The molecule has 0 aliphatic carbocycles. The smallest absolute Gasteiger partial charge is 0.251 e. The number of hydrogen-bond donors (Lipinski definition) is 2. The van der Waals surface area contributed by atoms with E-state index in [1.807, 2.05) is 50.2 Å². The molecule has 3 rings (SSSR count). The van der Waals surface area contributed by atoms with Crippen LogP contribution in [0.1, 0.15) is 22.7 Å². The van der Waals surface area contributed by atoms with Crippen molar-refractivity contribution in [3.8, 4) is 0 Å². The summed E-state index contributed by atoms with van der Waals surface area (Å²) in [6, 6.07) is 13.8. The number of hydrogen-bond acceptors (Lipinski definition) is 2. The van der Waals surface area contributed by atoms with E-state index >= 15 is 0 Å². The molecule has 0 bridgehead atoms. The predicted molar refractivity (Wildman–Crippen MR) is 77.4 cm³/mol. The van der Waals surface area contributed by atoms with Crippen LogP contribution < -0.4 is 10.6 Å². The van der Waals surface area contributed by atoms with Crippen LogP contribution in [-0.4, -0.2) is 5.91 Å². The second-order valence-corrected chi connectivity index (χ2v) is 5.03. The molecule has 3 heteroatoms. The van der Waals surface area contributed by atoms with Crippen molar-refractivity contribution in [3.63, 3.8) is 0 Å². The Morgan fingerprint density at radius 3 is 2.63 bits per heavy atom. The van der Waals surface area contributed by atoms with E-state index in [0.29, 0.717) is 0 Å². The maximum absolute atomic E-state index is 12.1. The van der Waals surface area contributed by atoms with Crippen molar-refractivity contribution < 1.29 is 4.79 Å². The van der Waals surface area contributed by atoms with Gasteiger partial charge in [-0.25, -0.2) is 0 Å². The maximum Gasteiger partial charge on any atom is 0.251 e. The van der Waals surface area contributed by atoms with Crippen LogP contribution >= 0.6 is 0 Å². The first kappa shape index (κ1) is 11.8. The molecule has 1 heterocycles. The number of aryl methyl sites for hydroxylation is 2. The number of carbonyl (C=O) groups excluding carboxylic acids is 1. The topological polar surface area (TPSA) is 41.1 Å².